The lowest BCUT2D eigenvalue weighted by atomic mass is 9.91. The smallest absolute Gasteiger partial charge is 0.338 e. The number of amides is 2. The van der Waals surface area contributed by atoms with Crippen LogP contribution in [0.3, 0.4) is 0 Å². The van der Waals surface area contributed by atoms with Crippen molar-refractivity contribution in [3.8, 4) is 0 Å². The molecule has 5 nitrogen and oxygen atoms in total. The average molecular weight is 316 g/mol. The van der Waals surface area contributed by atoms with Gasteiger partial charge >= 0.3 is 12.0 Å². The monoisotopic (exact) mass is 316 g/mol. The second kappa shape index (κ2) is 6.86. The summed E-state index contributed by atoms with van der Waals surface area (Å²) in [4.78, 5) is 26.4. The number of aryl methyl sites for hydroxylation is 2. The van der Waals surface area contributed by atoms with Crippen molar-refractivity contribution in [2.75, 3.05) is 13.2 Å². The number of hydrogen-bond donors (Lipinski definition) is 1. The van der Waals surface area contributed by atoms with Gasteiger partial charge in [0.15, 0.2) is 0 Å². The number of benzene rings is 1. The van der Waals surface area contributed by atoms with Crippen molar-refractivity contribution in [2.45, 2.75) is 40.7 Å². The molecular weight excluding hydrogens is 292 g/mol. The number of ether oxygens (including phenoxy) is 1. The molecule has 1 aliphatic rings. The molecular formula is C18H24N2O3. The summed E-state index contributed by atoms with van der Waals surface area (Å²) >= 11 is 0. The summed E-state index contributed by atoms with van der Waals surface area (Å²) in [7, 11) is 0. The zero-order valence-electron chi connectivity index (χ0n) is 14.4. The van der Waals surface area contributed by atoms with Crippen LogP contribution >= 0.6 is 0 Å². The van der Waals surface area contributed by atoms with Gasteiger partial charge in [-0.05, 0) is 45.7 Å². The molecule has 5 heteroatoms. The fraction of sp³-hybridized carbons (Fsp3) is 0.444. The number of allylic oxidation sites excluding steroid dienone is 1. The second-order valence-corrected chi connectivity index (χ2v) is 5.71. The molecule has 124 valence electrons. The fourth-order valence-electron chi connectivity index (χ4n) is 2.94. The van der Waals surface area contributed by atoms with E-state index in [-0.39, 0.29) is 12.0 Å². The number of nitrogens with zero attached hydrogens (tertiary/aromatic N) is 1. The number of rotatable bonds is 4. The number of urea groups is 1. The maximum absolute atomic E-state index is 12.5. The van der Waals surface area contributed by atoms with Crippen LogP contribution in [0.5, 0.6) is 0 Å². The quantitative estimate of drug-likeness (QED) is 0.868. The second-order valence-electron chi connectivity index (χ2n) is 5.71. The van der Waals surface area contributed by atoms with Crippen LogP contribution in [0.15, 0.2) is 29.5 Å². The largest absolute Gasteiger partial charge is 0.463 e. The fourth-order valence-corrected chi connectivity index (χ4v) is 2.94. The molecule has 1 heterocycles. The summed E-state index contributed by atoms with van der Waals surface area (Å²) in [6.45, 7) is 10.2. The van der Waals surface area contributed by atoms with E-state index < -0.39 is 6.04 Å². The number of carbonyl (C=O) groups excluding carboxylic acids is 2. The summed E-state index contributed by atoms with van der Waals surface area (Å²) in [5, 5.41) is 2.95. The normalized spacial score (nSPS) is 18.0. The topological polar surface area (TPSA) is 58.6 Å². The van der Waals surface area contributed by atoms with Gasteiger partial charge in [-0.3, -0.25) is 4.90 Å². The summed E-state index contributed by atoms with van der Waals surface area (Å²) in [6, 6.07) is 5.35. The first-order valence-electron chi connectivity index (χ1n) is 7.93. The Hall–Kier alpha value is -2.30. The van der Waals surface area contributed by atoms with Gasteiger partial charge in [0, 0.05) is 12.2 Å². The molecule has 0 saturated carbocycles. The Labute approximate surface area is 137 Å². The lowest BCUT2D eigenvalue weighted by molar-refractivity contribution is -0.139. The van der Waals surface area contributed by atoms with Gasteiger partial charge in [0.05, 0.1) is 18.2 Å². The molecule has 0 unspecified atom stereocenters. The van der Waals surface area contributed by atoms with E-state index in [1.165, 1.54) is 0 Å². The molecule has 0 saturated heterocycles. The highest BCUT2D eigenvalue weighted by atomic mass is 16.5. The van der Waals surface area contributed by atoms with Crippen molar-refractivity contribution in [1.82, 2.24) is 10.2 Å². The Kier molecular flexibility index (Phi) is 5.08. The highest BCUT2D eigenvalue weighted by molar-refractivity contribution is 5.95. The molecule has 1 atom stereocenters. The molecule has 0 aliphatic carbocycles. The van der Waals surface area contributed by atoms with Crippen molar-refractivity contribution in [2.24, 2.45) is 0 Å². The van der Waals surface area contributed by atoms with Crippen LogP contribution in [0, 0.1) is 13.8 Å². The van der Waals surface area contributed by atoms with E-state index in [0.29, 0.717) is 24.4 Å². The molecule has 1 aromatic rings. The van der Waals surface area contributed by atoms with E-state index in [9.17, 15) is 9.59 Å². The number of carbonyl (C=O) groups is 2. The lowest BCUT2D eigenvalue weighted by Crippen LogP contribution is -2.48. The van der Waals surface area contributed by atoms with Gasteiger partial charge in [-0.1, -0.05) is 23.8 Å². The molecule has 23 heavy (non-hydrogen) atoms. The Morgan fingerprint density at radius 2 is 1.96 bits per heavy atom. The molecule has 2 rings (SSSR count). The van der Waals surface area contributed by atoms with Crippen molar-refractivity contribution in [3.63, 3.8) is 0 Å². The van der Waals surface area contributed by atoms with E-state index in [2.05, 4.69) is 5.32 Å². The van der Waals surface area contributed by atoms with Crippen LogP contribution in [0.25, 0.3) is 0 Å². The summed E-state index contributed by atoms with van der Waals surface area (Å²) in [5.41, 5.74) is 4.19. The van der Waals surface area contributed by atoms with Gasteiger partial charge in [-0.2, -0.15) is 0 Å². The molecule has 0 bridgehead atoms. The molecule has 2 amide bonds. The third-order valence-electron chi connectivity index (χ3n) is 4.15. The average Bonchev–Trinajstić information content (AvgIpc) is 2.49. The number of nitrogens with one attached hydrogen (secondary N) is 1. The summed E-state index contributed by atoms with van der Waals surface area (Å²) in [5.74, 6) is -0.380. The molecule has 1 aromatic carbocycles. The van der Waals surface area contributed by atoms with E-state index in [0.717, 1.165) is 16.7 Å². The molecule has 0 aromatic heterocycles. The Morgan fingerprint density at radius 3 is 2.57 bits per heavy atom. The van der Waals surface area contributed by atoms with Crippen LogP contribution in [0.2, 0.25) is 0 Å². The van der Waals surface area contributed by atoms with Gasteiger partial charge < -0.3 is 10.1 Å². The van der Waals surface area contributed by atoms with Crippen LogP contribution in [-0.2, 0) is 9.53 Å². The predicted octanol–water partition coefficient (Wildman–Crippen LogP) is 3.23. The van der Waals surface area contributed by atoms with E-state index in [1.807, 2.05) is 39.0 Å². The Bertz CT molecular complexity index is 664. The van der Waals surface area contributed by atoms with Gasteiger partial charge in [-0.15, -0.1) is 0 Å². The maximum atomic E-state index is 12.5. The maximum Gasteiger partial charge on any atom is 0.338 e. The Balaban J connectivity index is 2.59. The van der Waals surface area contributed by atoms with Crippen LogP contribution < -0.4 is 5.32 Å². The van der Waals surface area contributed by atoms with E-state index in [4.69, 9.17) is 4.74 Å². The molecule has 0 fully saturated rings. The molecule has 1 aliphatic heterocycles. The van der Waals surface area contributed by atoms with Crippen LogP contribution in [-0.4, -0.2) is 30.1 Å². The SMILES string of the molecule is CCOC(=O)C1=C(C)N(CC)C(=O)N[C@@H]1c1cc(C)ccc1C. The Morgan fingerprint density at radius 1 is 1.26 bits per heavy atom. The minimum Gasteiger partial charge on any atom is -0.463 e. The number of hydrogen-bond acceptors (Lipinski definition) is 3. The lowest BCUT2D eigenvalue weighted by Gasteiger charge is -2.35. The van der Waals surface area contributed by atoms with Crippen molar-refractivity contribution in [3.05, 3.63) is 46.2 Å². The highest BCUT2D eigenvalue weighted by Gasteiger charge is 2.36. The molecule has 0 spiro atoms. The summed E-state index contributed by atoms with van der Waals surface area (Å²) < 4.78 is 5.23. The van der Waals surface area contributed by atoms with Gasteiger partial charge in [0.25, 0.3) is 0 Å². The van der Waals surface area contributed by atoms with E-state index >= 15 is 0 Å². The van der Waals surface area contributed by atoms with Gasteiger partial charge in [-0.25, -0.2) is 9.59 Å². The summed E-state index contributed by atoms with van der Waals surface area (Å²) in [6.07, 6.45) is 0. The van der Waals surface area contributed by atoms with Gasteiger partial charge in [0.2, 0.25) is 0 Å². The zero-order valence-corrected chi connectivity index (χ0v) is 14.4. The minimum absolute atomic E-state index is 0.191. The van der Waals surface area contributed by atoms with Crippen molar-refractivity contribution < 1.29 is 14.3 Å². The van der Waals surface area contributed by atoms with Crippen molar-refractivity contribution in [1.29, 1.82) is 0 Å². The predicted molar refractivity (Wildman–Crippen MR) is 88.9 cm³/mol. The van der Waals surface area contributed by atoms with Gasteiger partial charge in [0.1, 0.15) is 0 Å². The molecule has 1 N–H and O–H groups in total. The van der Waals surface area contributed by atoms with E-state index in [1.54, 1.807) is 18.7 Å². The number of esters is 1. The zero-order chi connectivity index (χ0) is 17.1. The molecule has 0 radical (unpaired) electrons. The highest BCUT2D eigenvalue weighted by Crippen LogP contribution is 2.33. The first-order chi connectivity index (χ1) is 10.9. The third kappa shape index (κ3) is 3.23. The van der Waals surface area contributed by atoms with Crippen molar-refractivity contribution >= 4 is 12.0 Å². The first-order valence-corrected chi connectivity index (χ1v) is 7.93. The standard InChI is InChI=1S/C18H24N2O3/c1-6-20-13(5)15(17(21)23-7-2)16(19-18(20)22)14-10-11(3)8-9-12(14)4/h8-10,16H,6-7H2,1-5H3,(H,19,22)/t16-/m1/s1. The minimum atomic E-state index is -0.482. The van der Waals surface area contributed by atoms with Crippen LogP contribution in [0.1, 0.15) is 43.5 Å². The first kappa shape index (κ1) is 17.1. The van der Waals surface area contributed by atoms with Crippen LogP contribution in [0.4, 0.5) is 4.79 Å². The third-order valence-corrected chi connectivity index (χ3v) is 4.15.